The minimum absolute atomic E-state index is 0.139. The topological polar surface area (TPSA) is 59.8 Å². The minimum atomic E-state index is -0.139. The monoisotopic (exact) mass is 388 g/mol. The Morgan fingerprint density at radius 1 is 1.22 bits per heavy atom. The fourth-order valence-corrected chi connectivity index (χ4v) is 3.07. The van der Waals surface area contributed by atoms with Gasteiger partial charge in [-0.2, -0.15) is 0 Å². The number of rotatable bonds is 4. The van der Waals surface area contributed by atoms with E-state index >= 15 is 0 Å². The van der Waals surface area contributed by atoms with Crippen molar-refractivity contribution in [3.8, 4) is 0 Å². The molecule has 1 heterocycles. The molecule has 23 heavy (non-hydrogen) atoms. The summed E-state index contributed by atoms with van der Waals surface area (Å²) in [5.41, 5.74) is 1.36. The minimum Gasteiger partial charge on any atom is -0.322 e. The number of nitrogens with zero attached hydrogens (tertiary/aromatic N) is 3. The molecule has 0 aliphatic rings. The lowest BCUT2D eigenvalue weighted by atomic mass is 10.2. The quantitative estimate of drug-likeness (QED) is 0.733. The fraction of sp³-hybridized carbons (Fsp3) is 0.0625. The van der Waals surface area contributed by atoms with Gasteiger partial charge in [0.15, 0.2) is 5.16 Å². The van der Waals surface area contributed by atoms with Crippen molar-refractivity contribution in [3.63, 3.8) is 0 Å². The highest BCUT2D eigenvalue weighted by Gasteiger charge is 2.07. The number of carbonyl (C=O) groups excluding carboxylic acids is 1. The van der Waals surface area contributed by atoms with Gasteiger partial charge < -0.3 is 9.88 Å². The van der Waals surface area contributed by atoms with E-state index in [0.29, 0.717) is 5.56 Å². The Morgan fingerprint density at radius 3 is 2.65 bits per heavy atom. The van der Waals surface area contributed by atoms with E-state index in [1.54, 1.807) is 18.5 Å². The highest BCUT2D eigenvalue weighted by Crippen LogP contribution is 2.26. The molecule has 3 aromatic rings. The molecule has 1 amide bonds. The molecule has 1 aromatic heterocycles. The number of carbonyl (C=O) groups is 1. The first-order valence-electron chi connectivity index (χ1n) is 6.80. The lowest BCUT2D eigenvalue weighted by molar-refractivity contribution is 0.102. The number of benzene rings is 2. The van der Waals surface area contributed by atoms with Crippen LogP contribution >= 0.6 is 27.7 Å². The Hall–Kier alpha value is -2.12. The molecule has 0 unspecified atom stereocenters. The maximum absolute atomic E-state index is 12.2. The van der Waals surface area contributed by atoms with Gasteiger partial charge in [-0.05, 0) is 54.2 Å². The van der Waals surface area contributed by atoms with Crippen LogP contribution in [0.25, 0.3) is 0 Å². The fourth-order valence-electron chi connectivity index (χ4n) is 1.91. The number of hydrogen-bond acceptors (Lipinski definition) is 4. The van der Waals surface area contributed by atoms with E-state index in [1.807, 2.05) is 48.0 Å². The molecule has 0 spiro atoms. The van der Waals surface area contributed by atoms with Crippen molar-refractivity contribution < 1.29 is 4.79 Å². The molecule has 3 rings (SSSR count). The molecular weight excluding hydrogens is 376 g/mol. The van der Waals surface area contributed by atoms with Gasteiger partial charge in [0.25, 0.3) is 5.91 Å². The predicted octanol–water partition coefficient (Wildman–Crippen LogP) is 3.98. The number of aryl methyl sites for hydroxylation is 1. The van der Waals surface area contributed by atoms with Crippen LogP contribution in [-0.2, 0) is 7.05 Å². The van der Waals surface area contributed by atoms with Crippen LogP contribution in [0.5, 0.6) is 0 Å². The largest absolute Gasteiger partial charge is 0.322 e. The van der Waals surface area contributed by atoms with Gasteiger partial charge >= 0.3 is 0 Å². The van der Waals surface area contributed by atoms with Gasteiger partial charge in [-0.3, -0.25) is 4.79 Å². The molecule has 0 saturated heterocycles. The maximum atomic E-state index is 12.2. The predicted molar refractivity (Wildman–Crippen MR) is 93.7 cm³/mol. The van der Waals surface area contributed by atoms with Crippen molar-refractivity contribution >= 4 is 39.3 Å². The van der Waals surface area contributed by atoms with Crippen LogP contribution < -0.4 is 5.32 Å². The van der Waals surface area contributed by atoms with E-state index in [0.717, 1.165) is 20.2 Å². The van der Waals surface area contributed by atoms with Gasteiger partial charge in [0.1, 0.15) is 6.33 Å². The zero-order valence-electron chi connectivity index (χ0n) is 12.2. The van der Waals surface area contributed by atoms with E-state index in [4.69, 9.17) is 0 Å². The van der Waals surface area contributed by atoms with E-state index in [1.165, 1.54) is 11.8 Å². The molecule has 2 aromatic carbocycles. The van der Waals surface area contributed by atoms with Gasteiger partial charge in [-0.15, -0.1) is 10.2 Å². The summed E-state index contributed by atoms with van der Waals surface area (Å²) in [5, 5.41) is 11.6. The molecule has 0 atom stereocenters. The highest BCUT2D eigenvalue weighted by atomic mass is 79.9. The van der Waals surface area contributed by atoms with E-state index in [2.05, 4.69) is 31.4 Å². The summed E-state index contributed by atoms with van der Waals surface area (Å²) in [6.07, 6.45) is 1.66. The third-order valence-electron chi connectivity index (χ3n) is 3.08. The molecular formula is C16H13BrN4OS. The smallest absolute Gasteiger partial charge is 0.255 e. The Balaban J connectivity index is 1.68. The van der Waals surface area contributed by atoms with Crippen molar-refractivity contribution in [1.29, 1.82) is 0 Å². The second-order valence-electron chi connectivity index (χ2n) is 4.82. The average molecular weight is 389 g/mol. The summed E-state index contributed by atoms with van der Waals surface area (Å²) in [7, 11) is 1.90. The van der Waals surface area contributed by atoms with Crippen LogP contribution in [0.2, 0.25) is 0 Å². The molecule has 5 nitrogen and oxygen atoms in total. The lowest BCUT2D eigenvalue weighted by Gasteiger charge is -2.07. The average Bonchev–Trinajstić information content (AvgIpc) is 2.94. The van der Waals surface area contributed by atoms with Crippen molar-refractivity contribution in [1.82, 2.24) is 14.8 Å². The first-order chi connectivity index (χ1) is 11.1. The molecule has 0 aliphatic heterocycles. The zero-order chi connectivity index (χ0) is 16.2. The molecule has 0 fully saturated rings. The van der Waals surface area contributed by atoms with Crippen LogP contribution in [0.4, 0.5) is 5.69 Å². The third-order valence-corrected chi connectivity index (χ3v) is 4.63. The van der Waals surface area contributed by atoms with E-state index < -0.39 is 0 Å². The first-order valence-corrected chi connectivity index (χ1v) is 8.41. The Morgan fingerprint density at radius 2 is 2.00 bits per heavy atom. The van der Waals surface area contributed by atoms with Crippen molar-refractivity contribution in [2.45, 2.75) is 10.1 Å². The highest BCUT2D eigenvalue weighted by molar-refractivity contribution is 9.10. The normalized spacial score (nSPS) is 10.5. The number of aromatic nitrogens is 3. The second-order valence-corrected chi connectivity index (χ2v) is 6.77. The molecule has 0 aliphatic carbocycles. The molecule has 0 bridgehead atoms. The Kier molecular flexibility index (Phi) is 4.78. The van der Waals surface area contributed by atoms with Crippen molar-refractivity contribution in [3.05, 3.63) is 64.9 Å². The van der Waals surface area contributed by atoms with Crippen LogP contribution in [0.15, 0.2) is 69.4 Å². The van der Waals surface area contributed by atoms with Crippen LogP contribution in [0.1, 0.15) is 10.4 Å². The summed E-state index contributed by atoms with van der Waals surface area (Å²) >= 11 is 4.88. The zero-order valence-corrected chi connectivity index (χ0v) is 14.6. The summed E-state index contributed by atoms with van der Waals surface area (Å²) in [6, 6.07) is 14.9. The summed E-state index contributed by atoms with van der Waals surface area (Å²) in [5.74, 6) is -0.139. The van der Waals surface area contributed by atoms with Crippen molar-refractivity contribution in [2.75, 3.05) is 5.32 Å². The first kappa shape index (κ1) is 15.8. The molecule has 7 heteroatoms. The van der Waals surface area contributed by atoms with Gasteiger partial charge in [0.2, 0.25) is 0 Å². The Labute approximate surface area is 146 Å². The van der Waals surface area contributed by atoms with Crippen LogP contribution in [0.3, 0.4) is 0 Å². The number of halogens is 1. The van der Waals surface area contributed by atoms with Gasteiger partial charge in [-0.1, -0.05) is 22.0 Å². The summed E-state index contributed by atoms with van der Waals surface area (Å²) < 4.78 is 2.73. The maximum Gasteiger partial charge on any atom is 0.255 e. The Bertz CT molecular complexity index is 832. The molecule has 116 valence electrons. The summed E-state index contributed by atoms with van der Waals surface area (Å²) in [6.45, 7) is 0. The van der Waals surface area contributed by atoms with Crippen LogP contribution in [0, 0.1) is 0 Å². The van der Waals surface area contributed by atoms with Crippen molar-refractivity contribution in [2.24, 2.45) is 7.05 Å². The molecule has 0 radical (unpaired) electrons. The lowest BCUT2D eigenvalue weighted by Crippen LogP contribution is -2.11. The number of anilines is 1. The second kappa shape index (κ2) is 6.97. The molecule has 1 N–H and O–H groups in total. The number of nitrogens with one attached hydrogen (secondary N) is 1. The van der Waals surface area contributed by atoms with Gasteiger partial charge in [0.05, 0.1) is 0 Å². The standard InChI is InChI=1S/C16H13BrN4OS/c1-21-10-18-20-16(21)23-14-7-5-13(6-8-14)19-15(22)11-3-2-4-12(17)9-11/h2-10H,1H3,(H,19,22). The SMILES string of the molecule is Cn1cnnc1Sc1ccc(NC(=O)c2cccc(Br)c2)cc1. The van der Waals surface area contributed by atoms with Gasteiger partial charge in [0, 0.05) is 27.7 Å². The molecule has 0 saturated carbocycles. The van der Waals surface area contributed by atoms with E-state index in [-0.39, 0.29) is 5.91 Å². The number of amides is 1. The van der Waals surface area contributed by atoms with Crippen LogP contribution in [-0.4, -0.2) is 20.7 Å². The third kappa shape index (κ3) is 4.00. The van der Waals surface area contributed by atoms with E-state index in [9.17, 15) is 4.79 Å². The summed E-state index contributed by atoms with van der Waals surface area (Å²) in [4.78, 5) is 13.2. The number of hydrogen-bond donors (Lipinski definition) is 1. The van der Waals surface area contributed by atoms with Gasteiger partial charge in [-0.25, -0.2) is 0 Å².